The second-order valence-electron chi connectivity index (χ2n) is 5.76. The number of hydrogen-bond donors (Lipinski definition) is 2. The topological polar surface area (TPSA) is 55.1 Å². The molecular formula is C15H21FN2O. The summed E-state index contributed by atoms with van der Waals surface area (Å²) in [7, 11) is 0. The maximum atomic E-state index is 13.2. The molecule has 0 radical (unpaired) electrons. The highest BCUT2D eigenvalue weighted by molar-refractivity contribution is 5.93. The predicted octanol–water partition coefficient (Wildman–Crippen LogP) is 2.98. The Balaban J connectivity index is 2.09. The minimum Gasteiger partial charge on any atom is -0.326 e. The van der Waals surface area contributed by atoms with Crippen molar-refractivity contribution in [1.29, 1.82) is 0 Å². The van der Waals surface area contributed by atoms with Crippen molar-refractivity contribution in [3.63, 3.8) is 0 Å². The lowest BCUT2D eigenvalue weighted by Gasteiger charge is -2.37. The molecule has 19 heavy (non-hydrogen) atoms. The molecule has 4 heteroatoms. The van der Waals surface area contributed by atoms with E-state index in [1.54, 1.807) is 19.1 Å². The van der Waals surface area contributed by atoms with Crippen LogP contribution < -0.4 is 11.1 Å². The first-order valence-electron chi connectivity index (χ1n) is 6.76. The number of anilines is 1. The molecule has 1 amide bonds. The Morgan fingerprint density at radius 2 is 2.21 bits per heavy atom. The van der Waals surface area contributed by atoms with Crippen molar-refractivity contribution in [2.45, 2.75) is 45.1 Å². The molecule has 0 bridgehead atoms. The standard InChI is InChI=1S/C15H21FN2O/c1-10-9-11(6-7-13(10)16)18-14(19)12-5-3-4-8-15(12,2)17/h6-7,9,12H,3-5,8,17H2,1-2H3,(H,18,19). The van der Waals surface area contributed by atoms with Gasteiger partial charge in [0.15, 0.2) is 0 Å². The minimum atomic E-state index is -0.447. The number of halogens is 1. The van der Waals surface area contributed by atoms with E-state index in [1.807, 2.05) is 6.92 Å². The van der Waals surface area contributed by atoms with E-state index in [9.17, 15) is 9.18 Å². The Bertz CT molecular complexity index is 485. The zero-order valence-corrected chi connectivity index (χ0v) is 11.5. The lowest BCUT2D eigenvalue weighted by atomic mass is 9.74. The molecule has 0 aromatic heterocycles. The first kappa shape index (κ1) is 14.0. The summed E-state index contributed by atoms with van der Waals surface area (Å²) in [6.45, 7) is 3.62. The Kier molecular flexibility index (Phi) is 3.90. The van der Waals surface area contributed by atoms with Gasteiger partial charge in [-0.15, -0.1) is 0 Å². The van der Waals surface area contributed by atoms with Gasteiger partial charge in [-0.3, -0.25) is 4.79 Å². The number of hydrogen-bond acceptors (Lipinski definition) is 2. The number of nitrogens with one attached hydrogen (secondary N) is 1. The molecule has 1 fully saturated rings. The van der Waals surface area contributed by atoms with E-state index in [-0.39, 0.29) is 17.6 Å². The molecule has 3 nitrogen and oxygen atoms in total. The predicted molar refractivity (Wildman–Crippen MR) is 74.3 cm³/mol. The van der Waals surface area contributed by atoms with Crippen LogP contribution in [0.25, 0.3) is 0 Å². The van der Waals surface area contributed by atoms with Gasteiger partial charge in [0, 0.05) is 11.2 Å². The van der Waals surface area contributed by atoms with Gasteiger partial charge in [0.05, 0.1) is 5.92 Å². The average molecular weight is 264 g/mol. The second-order valence-corrected chi connectivity index (χ2v) is 5.76. The van der Waals surface area contributed by atoms with Crippen LogP contribution in [0, 0.1) is 18.7 Å². The second kappa shape index (κ2) is 5.29. The van der Waals surface area contributed by atoms with Gasteiger partial charge in [-0.05, 0) is 50.5 Å². The smallest absolute Gasteiger partial charge is 0.229 e. The SMILES string of the molecule is Cc1cc(NC(=O)C2CCCCC2(C)N)ccc1F. The quantitative estimate of drug-likeness (QED) is 0.862. The molecule has 2 unspecified atom stereocenters. The molecule has 3 N–H and O–H groups in total. The zero-order valence-electron chi connectivity index (χ0n) is 11.5. The molecule has 0 heterocycles. The molecule has 1 aromatic rings. The van der Waals surface area contributed by atoms with Crippen LogP contribution in [0.15, 0.2) is 18.2 Å². The normalized spacial score (nSPS) is 27.1. The van der Waals surface area contributed by atoms with Crippen molar-refractivity contribution < 1.29 is 9.18 Å². The molecule has 0 aliphatic heterocycles. The van der Waals surface area contributed by atoms with Crippen molar-refractivity contribution in [1.82, 2.24) is 0 Å². The van der Waals surface area contributed by atoms with E-state index in [1.165, 1.54) is 6.07 Å². The Morgan fingerprint density at radius 3 is 2.84 bits per heavy atom. The third-order valence-corrected chi connectivity index (χ3v) is 4.00. The molecule has 104 valence electrons. The minimum absolute atomic E-state index is 0.0595. The fraction of sp³-hybridized carbons (Fsp3) is 0.533. The summed E-state index contributed by atoms with van der Waals surface area (Å²) in [6.07, 6.45) is 3.80. The van der Waals surface area contributed by atoms with Crippen LogP contribution >= 0.6 is 0 Å². The van der Waals surface area contributed by atoms with E-state index in [4.69, 9.17) is 5.73 Å². The van der Waals surface area contributed by atoms with Crippen LogP contribution in [0.4, 0.5) is 10.1 Å². The van der Waals surface area contributed by atoms with Gasteiger partial charge in [0.1, 0.15) is 5.82 Å². The summed E-state index contributed by atoms with van der Waals surface area (Å²) in [5.41, 5.74) is 6.92. The van der Waals surface area contributed by atoms with Gasteiger partial charge < -0.3 is 11.1 Å². The molecule has 1 aliphatic carbocycles. The Labute approximate surface area is 113 Å². The van der Waals surface area contributed by atoms with Gasteiger partial charge in [-0.25, -0.2) is 4.39 Å². The fourth-order valence-corrected chi connectivity index (χ4v) is 2.74. The Hall–Kier alpha value is -1.42. The van der Waals surface area contributed by atoms with Crippen molar-refractivity contribution in [3.8, 4) is 0 Å². The maximum absolute atomic E-state index is 13.2. The third kappa shape index (κ3) is 3.13. The molecular weight excluding hydrogens is 243 g/mol. The number of rotatable bonds is 2. The summed E-state index contributed by atoms with van der Waals surface area (Å²) in [5.74, 6) is -0.498. The lowest BCUT2D eigenvalue weighted by molar-refractivity contribution is -0.122. The number of nitrogens with two attached hydrogens (primary N) is 1. The van der Waals surface area contributed by atoms with Crippen molar-refractivity contribution >= 4 is 11.6 Å². The molecule has 1 saturated carbocycles. The van der Waals surface area contributed by atoms with Crippen molar-refractivity contribution in [3.05, 3.63) is 29.6 Å². The number of amides is 1. The number of aryl methyl sites for hydroxylation is 1. The summed E-state index contributed by atoms with van der Waals surface area (Å²) in [4.78, 5) is 12.3. The van der Waals surface area contributed by atoms with Crippen LogP contribution in [0.5, 0.6) is 0 Å². The zero-order chi connectivity index (χ0) is 14.0. The fourth-order valence-electron chi connectivity index (χ4n) is 2.74. The van der Waals surface area contributed by atoms with Crippen LogP contribution in [0.3, 0.4) is 0 Å². The molecule has 1 aliphatic rings. The van der Waals surface area contributed by atoms with E-state index < -0.39 is 5.54 Å². The van der Waals surface area contributed by atoms with Crippen LogP contribution in [0.1, 0.15) is 38.2 Å². The summed E-state index contributed by atoms with van der Waals surface area (Å²) >= 11 is 0. The van der Waals surface area contributed by atoms with E-state index in [2.05, 4.69) is 5.32 Å². The number of benzene rings is 1. The molecule has 0 saturated heterocycles. The van der Waals surface area contributed by atoms with E-state index in [0.717, 1.165) is 25.7 Å². The molecule has 2 atom stereocenters. The van der Waals surface area contributed by atoms with Crippen LogP contribution in [0.2, 0.25) is 0 Å². The maximum Gasteiger partial charge on any atom is 0.229 e. The number of carbonyl (C=O) groups excluding carboxylic acids is 1. The highest BCUT2D eigenvalue weighted by Gasteiger charge is 2.37. The van der Waals surface area contributed by atoms with Gasteiger partial charge in [0.2, 0.25) is 5.91 Å². The first-order valence-corrected chi connectivity index (χ1v) is 6.76. The van der Waals surface area contributed by atoms with Crippen molar-refractivity contribution in [2.75, 3.05) is 5.32 Å². The third-order valence-electron chi connectivity index (χ3n) is 4.00. The van der Waals surface area contributed by atoms with Crippen molar-refractivity contribution in [2.24, 2.45) is 11.7 Å². The van der Waals surface area contributed by atoms with Gasteiger partial charge in [-0.2, -0.15) is 0 Å². The molecule has 0 spiro atoms. The average Bonchev–Trinajstić information content (AvgIpc) is 2.33. The molecule has 1 aromatic carbocycles. The highest BCUT2D eigenvalue weighted by atomic mass is 19.1. The summed E-state index contributed by atoms with van der Waals surface area (Å²) in [6, 6.07) is 4.59. The monoisotopic (exact) mass is 264 g/mol. The molecule has 2 rings (SSSR count). The van der Waals surface area contributed by atoms with Gasteiger partial charge >= 0.3 is 0 Å². The van der Waals surface area contributed by atoms with E-state index >= 15 is 0 Å². The van der Waals surface area contributed by atoms with Crippen LogP contribution in [-0.2, 0) is 4.79 Å². The van der Waals surface area contributed by atoms with Crippen LogP contribution in [-0.4, -0.2) is 11.4 Å². The van der Waals surface area contributed by atoms with Gasteiger partial charge in [0.25, 0.3) is 0 Å². The Morgan fingerprint density at radius 1 is 1.47 bits per heavy atom. The number of carbonyl (C=O) groups is 1. The highest BCUT2D eigenvalue weighted by Crippen LogP contribution is 2.32. The largest absolute Gasteiger partial charge is 0.326 e. The summed E-state index contributed by atoms with van der Waals surface area (Å²) < 4.78 is 13.2. The van der Waals surface area contributed by atoms with E-state index in [0.29, 0.717) is 11.3 Å². The lowest BCUT2D eigenvalue weighted by Crippen LogP contribution is -2.51. The first-order chi connectivity index (χ1) is 8.90. The summed E-state index contributed by atoms with van der Waals surface area (Å²) in [5, 5.41) is 2.85. The van der Waals surface area contributed by atoms with Gasteiger partial charge in [-0.1, -0.05) is 12.8 Å².